The van der Waals surface area contributed by atoms with Crippen molar-refractivity contribution in [3.63, 3.8) is 0 Å². The number of hydrogen-bond donors (Lipinski definition) is 0. The predicted octanol–water partition coefficient (Wildman–Crippen LogP) is 5.53. The van der Waals surface area contributed by atoms with Gasteiger partial charge in [-0.15, -0.1) is 0 Å². The molecule has 1 unspecified atom stereocenters. The zero-order chi connectivity index (χ0) is 14.4. The van der Waals surface area contributed by atoms with Crippen molar-refractivity contribution in [2.75, 3.05) is 0 Å². The molecule has 0 radical (unpaired) electrons. The SMILES string of the molecule is C[Si](C)(C)SC1CCCCC/C1=N/Cc1ccccc1. The molecule has 1 fully saturated rings. The minimum absolute atomic E-state index is 0.688. The van der Waals surface area contributed by atoms with Crippen molar-refractivity contribution < 1.29 is 0 Å². The van der Waals surface area contributed by atoms with E-state index in [0.29, 0.717) is 5.25 Å². The van der Waals surface area contributed by atoms with Crippen molar-refractivity contribution in [3.8, 4) is 0 Å². The Labute approximate surface area is 128 Å². The van der Waals surface area contributed by atoms with Gasteiger partial charge >= 0.3 is 0 Å². The van der Waals surface area contributed by atoms with Gasteiger partial charge in [0.05, 0.1) is 6.54 Å². The first-order chi connectivity index (χ1) is 9.54. The van der Waals surface area contributed by atoms with Gasteiger partial charge in [0, 0.05) is 11.0 Å². The van der Waals surface area contributed by atoms with Gasteiger partial charge in [-0.25, -0.2) is 0 Å². The molecule has 0 bridgehead atoms. The van der Waals surface area contributed by atoms with Gasteiger partial charge in [0.2, 0.25) is 0 Å². The van der Waals surface area contributed by atoms with E-state index in [4.69, 9.17) is 4.99 Å². The van der Waals surface area contributed by atoms with Gasteiger partial charge in [-0.05, 0) is 24.8 Å². The molecule has 1 aromatic rings. The van der Waals surface area contributed by atoms with Gasteiger partial charge in [-0.1, -0.05) is 62.8 Å². The smallest absolute Gasteiger partial charge is 0.109 e. The Kier molecular flexibility index (Phi) is 5.91. The third-order valence-corrected chi connectivity index (χ3v) is 8.05. The van der Waals surface area contributed by atoms with Crippen LogP contribution in [-0.4, -0.2) is 18.2 Å². The maximum absolute atomic E-state index is 5.00. The zero-order valence-electron chi connectivity index (χ0n) is 13.1. The second-order valence-corrected chi connectivity index (χ2v) is 16.0. The molecule has 1 saturated carbocycles. The molecule has 110 valence electrons. The lowest BCUT2D eigenvalue weighted by molar-refractivity contribution is 0.706. The second kappa shape index (κ2) is 7.46. The van der Waals surface area contributed by atoms with Gasteiger partial charge in [0.15, 0.2) is 0 Å². The Balaban J connectivity index is 2.07. The van der Waals surface area contributed by atoms with Gasteiger partial charge in [0.25, 0.3) is 0 Å². The Morgan fingerprint density at radius 2 is 1.85 bits per heavy atom. The largest absolute Gasteiger partial charge is 0.288 e. The highest BCUT2D eigenvalue weighted by atomic mass is 32.4. The van der Waals surface area contributed by atoms with Crippen LogP contribution in [0.15, 0.2) is 35.3 Å². The molecule has 1 aliphatic carbocycles. The summed E-state index contributed by atoms with van der Waals surface area (Å²) >= 11 is 2.24. The normalized spacial score (nSPS) is 22.8. The monoisotopic (exact) mass is 305 g/mol. The van der Waals surface area contributed by atoms with Crippen LogP contribution in [0.3, 0.4) is 0 Å². The van der Waals surface area contributed by atoms with Crippen LogP contribution >= 0.6 is 11.2 Å². The van der Waals surface area contributed by atoms with E-state index in [0.717, 1.165) is 6.54 Å². The van der Waals surface area contributed by atoms with E-state index in [2.05, 4.69) is 61.2 Å². The quantitative estimate of drug-likeness (QED) is 0.526. The second-order valence-electron chi connectivity index (χ2n) is 6.61. The number of rotatable bonds is 4. The fourth-order valence-electron chi connectivity index (χ4n) is 2.65. The molecule has 0 spiro atoms. The lowest BCUT2D eigenvalue weighted by Gasteiger charge is -2.24. The summed E-state index contributed by atoms with van der Waals surface area (Å²) in [6.07, 6.45) is 6.65. The molecule has 0 heterocycles. The van der Waals surface area contributed by atoms with Crippen molar-refractivity contribution in [2.24, 2.45) is 4.99 Å². The predicted molar refractivity (Wildman–Crippen MR) is 95.4 cm³/mol. The molecule has 0 amide bonds. The van der Waals surface area contributed by atoms with Crippen LogP contribution in [-0.2, 0) is 6.54 Å². The molecule has 1 nitrogen and oxygen atoms in total. The molecule has 0 aromatic heterocycles. The first kappa shape index (κ1) is 15.8. The highest BCUT2D eigenvalue weighted by Gasteiger charge is 2.25. The maximum Gasteiger partial charge on any atom is 0.109 e. The summed E-state index contributed by atoms with van der Waals surface area (Å²) < 4.78 is 0. The average Bonchev–Trinajstić information content (AvgIpc) is 2.61. The molecule has 1 aromatic carbocycles. The first-order valence-electron chi connectivity index (χ1n) is 7.79. The van der Waals surface area contributed by atoms with Crippen LogP contribution in [0.2, 0.25) is 19.6 Å². The summed E-state index contributed by atoms with van der Waals surface area (Å²) in [5, 5.41) is 0.688. The van der Waals surface area contributed by atoms with E-state index in [9.17, 15) is 0 Å². The standard InChI is InChI=1S/C17H27NSSi/c1-20(2,3)19-17-13-9-5-8-12-16(17)18-14-15-10-6-4-7-11-15/h4,6-7,10-11,17H,5,8-9,12-14H2,1-3H3/b18-16-. The number of hydrogen-bond acceptors (Lipinski definition) is 2. The molecule has 0 N–H and O–H groups in total. The van der Waals surface area contributed by atoms with E-state index in [1.807, 2.05) is 0 Å². The summed E-state index contributed by atoms with van der Waals surface area (Å²) in [6.45, 7) is 8.23. The molecule has 3 heteroatoms. The van der Waals surface area contributed by atoms with Crippen LogP contribution in [0.25, 0.3) is 0 Å². The molecule has 0 aliphatic heterocycles. The highest BCUT2D eigenvalue weighted by Crippen LogP contribution is 2.32. The maximum atomic E-state index is 5.00. The van der Waals surface area contributed by atoms with Crippen molar-refractivity contribution in [1.82, 2.24) is 0 Å². The zero-order valence-corrected chi connectivity index (χ0v) is 14.9. The van der Waals surface area contributed by atoms with Crippen molar-refractivity contribution in [3.05, 3.63) is 35.9 Å². The van der Waals surface area contributed by atoms with E-state index in [1.165, 1.54) is 43.4 Å². The number of benzene rings is 1. The Morgan fingerprint density at radius 3 is 2.55 bits per heavy atom. The molecule has 1 atom stereocenters. The fraction of sp³-hybridized carbons (Fsp3) is 0.588. The summed E-state index contributed by atoms with van der Waals surface area (Å²) in [7, 11) is -1.08. The third-order valence-electron chi connectivity index (χ3n) is 3.57. The average molecular weight is 306 g/mol. The van der Waals surface area contributed by atoms with Gasteiger partial charge in [0.1, 0.15) is 7.22 Å². The molecular formula is C17H27NSSi. The minimum Gasteiger partial charge on any atom is -0.288 e. The molecule has 0 saturated heterocycles. The number of nitrogens with zero attached hydrogens (tertiary/aromatic N) is 1. The van der Waals surface area contributed by atoms with Crippen molar-refractivity contribution in [2.45, 2.75) is 63.5 Å². The summed E-state index contributed by atoms with van der Waals surface area (Å²) in [5.74, 6) is 0. The fourth-order valence-corrected chi connectivity index (χ4v) is 7.44. The highest BCUT2D eigenvalue weighted by molar-refractivity contribution is 8.29. The summed E-state index contributed by atoms with van der Waals surface area (Å²) in [6, 6.07) is 10.7. The topological polar surface area (TPSA) is 12.4 Å². The van der Waals surface area contributed by atoms with E-state index < -0.39 is 7.22 Å². The van der Waals surface area contributed by atoms with Crippen LogP contribution in [0.5, 0.6) is 0 Å². The third kappa shape index (κ3) is 5.45. The Bertz CT molecular complexity index is 436. The lowest BCUT2D eigenvalue weighted by atomic mass is 10.1. The van der Waals surface area contributed by atoms with Crippen molar-refractivity contribution >= 4 is 24.1 Å². The lowest BCUT2D eigenvalue weighted by Crippen LogP contribution is -2.26. The first-order valence-corrected chi connectivity index (χ1v) is 12.9. The van der Waals surface area contributed by atoms with Crippen LogP contribution in [0.4, 0.5) is 0 Å². The van der Waals surface area contributed by atoms with E-state index in [1.54, 1.807) is 0 Å². The van der Waals surface area contributed by atoms with Gasteiger partial charge < -0.3 is 0 Å². The van der Waals surface area contributed by atoms with Crippen LogP contribution < -0.4 is 0 Å². The molecular weight excluding hydrogens is 278 g/mol. The van der Waals surface area contributed by atoms with Gasteiger partial charge in [-0.2, -0.15) is 11.2 Å². The van der Waals surface area contributed by atoms with Crippen LogP contribution in [0.1, 0.15) is 37.7 Å². The summed E-state index contributed by atoms with van der Waals surface area (Å²) in [5.41, 5.74) is 2.82. The Morgan fingerprint density at radius 1 is 1.10 bits per heavy atom. The van der Waals surface area contributed by atoms with E-state index in [-0.39, 0.29) is 0 Å². The number of aliphatic imine (C=N–C) groups is 1. The molecule has 2 rings (SSSR count). The minimum atomic E-state index is -1.08. The van der Waals surface area contributed by atoms with Gasteiger partial charge in [-0.3, -0.25) is 4.99 Å². The van der Waals surface area contributed by atoms with Crippen LogP contribution in [0, 0.1) is 0 Å². The van der Waals surface area contributed by atoms with E-state index >= 15 is 0 Å². The molecule has 20 heavy (non-hydrogen) atoms. The van der Waals surface area contributed by atoms with Crippen molar-refractivity contribution in [1.29, 1.82) is 0 Å². The Hall–Kier alpha value is -0.543. The summed E-state index contributed by atoms with van der Waals surface area (Å²) in [4.78, 5) is 5.00. The molecule has 1 aliphatic rings.